The van der Waals surface area contributed by atoms with Crippen LogP contribution >= 0.6 is 11.3 Å². The molecule has 1 saturated heterocycles. The van der Waals surface area contributed by atoms with Crippen LogP contribution in [0, 0.1) is 0 Å². The normalized spacial score (nSPS) is 14.1. The third-order valence-corrected chi connectivity index (χ3v) is 5.70. The van der Waals surface area contributed by atoms with Gasteiger partial charge in [-0.2, -0.15) is 5.10 Å². The van der Waals surface area contributed by atoms with Gasteiger partial charge in [-0.25, -0.2) is 4.68 Å². The number of carbonyl (C=O) groups is 1. The van der Waals surface area contributed by atoms with Crippen molar-refractivity contribution in [3.05, 3.63) is 64.3 Å². The first-order chi connectivity index (χ1) is 13.7. The average Bonchev–Trinajstić information content (AvgIpc) is 3.26. The Bertz CT molecular complexity index is 990. The van der Waals surface area contributed by atoms with E-state index in [4.69, 9.17) is 0 Å². The number of hydrogen-bond acceptors (Lipinski definition) is 5. The van der Waals surface area contributed by atoms with E-state index in [-0.39, 0.29) is 18.0 Å². The molecule has 7 heteroatoms. The highest BCUT2D eigenvalue weighted by Crippen LogP contribution is 2.22. The van der Waals surface area contributed by atoms with Crippen LogP contribution in [0.3, 0.4) is 0 Å². The Morgan fingerprint density at radius 1 is 1.04 bits per heavy atom. The first-order valence-electron chi connectivity index (χ1n) is 9.46. The van der Waals surface area contributed by atoms with E-state index >= 15 is 0 Å². The predicted molar refractivity (Wildman–Crippen MR) is 113 cm³/mol. The van der Waals surface area contributed by atoms with Gasteiger partial charge >= 0.3 is 0 Å². The molecule has 3 heterocycles. The third-order valence-electron chi connectivity index (χ3n) is 4.81. The standard InChI is InChI=1S/C21H22N4O2S/c26-20(15-25-21(27)11-10-18(23-25)19-5-4-14-28-19)22-16-6-8-17(9-7-16)24-12-2-1-3-13-24/h4-11,14H,1-3,12-13,15H2,(H,22,26). The van der Waals surface area contributed by atoms with Crippen molar-refractivity contribution in [3.63, 3.8) is 0 Å². The zero-order valence-electron chi connectivity index (χ0n) is 15.5. The fraction of sp³-hybridized carbons (Fsp3) is 0.286. The molecule has 3 aromatic rings. The summed E-state index contributed by atoms with van der Waals surface area (Å²) < 4.78 is 1.20. The molecule has 1 aliphatic heterocycles. The summed E-state index contributed by atoms with van der Waals surface area (Å²) >= 11 is 1.54. The van der Waals surface area contributed by atoms with Gasteiger partial charge in [-0.15, -0.1) is 11.3 Å². The number of piperidine rings is 1. The Labute approximate surface area is 167 Å². The number of hydrogen-bond donors (Lipinski definition) is 1. The molecule has 0 unspecified atom stereocenters. The number of nitrogens with zero attached hydrogens (tertiary/aromatic N) is 3. The minimum Gasteiger partial charge on any atom is -0.372 e. The summed E-state index contributed by atoms with van der Waals surface area (Å²) in [6.45, 7) is 2.05. The maximum absolute atomic E-state index is 12.4. The summed E-state index contributed by atoms with van der Waals surface area (Å²) in [5, 5.41) is 9.12. The van der Waals surface area contributed by atoms with Gasteiger partial charge < -0.3 is 10.2 Å². The smallest absolute Gasteiger partial charge is 0.267 e. The minimum absolute atomic E-state index is 0.119. The monoisotopic (exact) mass is 394 g/mol. The van der Waals surface area contributed by atoms with Crippen molar-refractivity contribution in [2.45, 2.75) is 25.8 Å². The number of aromatic nitrogens is 2. The van der Waals surface area contributed by atoms with Crippen LogP contribution in [-0.2, 0) is 11.3 Å². The molecule has 2 aromatic heterocycles. The van der Waals surface area contributed by atoms with Crippen LogP contribution in [0.25, 0.3) is 10.6 Å². The van der Waals surface area contributed by atoms with E-state index < -0.39 is 0 Å². The number of rotatable bonds is 5. The summed E-state index contributed by atoms with van der Waals surface area (Å²) in [6.07, 6.45) is 3.75. The Kier molecular flexibility index (Phi) is 5.53. The molecule has 28 heavy (non-hydrogen) atoms. The van der Waals surface area contributed by atoms with Gasteiger partial charge in [0.15, 0.2) is 0 Å². The van der Waals surface area contributed by atoms with Crippen molar-refractivity contribution in [2.75, 3.05) is 23.3 Å². The fourth-order valence-electron chi connectivity index (χ4n) is 3.36. The van der Waals surface area contributed by atoms with E-state index in [1.165, 1.54) is 35.7 Å². The highest BCUT2D eigenvalue weighted by atomic mass is 32.1. The first-order valence-corrected chi connectivity index (χ1v) is 10.3. The number of benzene rings is 1. The summed E-state index contributed by atoms with van der Waals surface area (Å²) in [4.78, 5) is 27.8. The van der Waals surface area contributed by atoms with E-state index in [1.54, 1.807) is 17.4 Å². The maximum atomic E-state index is 12.4. The Morgan fingerprint density at radius 3 is 2.54 bits per heavy atom. The predicted octanol–water partition coefficient (Wildman–Crippen LogP) is 3.60. The van der Waals surface area contributed by atoms with Crippen LogP contribution in [0.4, 0.5) is 11.4 Å². The SMILES string of the molecule is O=C(Cn1nc(-c2cccs2)ccc1=O)Nc1ccc(N2CCCCC2)cc1. The zero-order valence-corrected chi connectivity index (χ0v) is 16.3. The van der Waals surface area contributed by atoms with Crippen molar-refractivity contribution in [3.8, 4) is 10.6 Å². The zero-order chi connectivity index (χ0) is 19.3. The molecule has 0 radical (unpaired) electrons. The minimum atomic E-state index is -0.295. The third kappa shape index (κ3) is 4.31. The molecule has 0 bridgehead atoms. The molecule has 144 valence electrons. The van der Waals surface area contributed by atoms with E-state index in [9.17, 15) is 9.59 Å². The first kappa shape index (κ1) is 18.4. The van der Waals surface area contributed by atoms with E-state index in [0.717, 1.165) is 18.0 Å². The van der Waals surface area contributed by atoms with Gasteiger partial charge in [-0.05, 0) is 61.0 Å². The molecular weight excluding hydrogens is 372 g/mol. The highest BCUT2D eigenvalue weighted by Gasteiger charge is 2.12. The lowest BCUT2D eigenvalue weighted by Gasteiger charge is -2.28. The van der Waals surface area contributed by atoms with Crippen molar-refractivity contribution in [1.82, 2.24) is 9.78 Å². The Morgan fingerprint density at radius 2 is 1.82 bits per heavy atom. The second-order valence-electron chi connectivity index (χ2n) is 6.83. The molecule has 1 N–H and O–H groups in total. The van der Waals surface area contributed by atoms with Gasteiger partial charge in [0.1, 0.15) is 12.2 Å². The van der Waals surface area contributed by atoms with Crippen LogP contribution < -0.4 is 15.8 Å². The quantitative estimate of drug-likeness (QED) is 0.718. The van der Waals surface area contributed by atoms with Crippen molar-refractivity contribution >= 4 is 28.6 Å². The molecule has 1 aliphatic rings. The summed E-state index contributed by atoms with van der Waals surface area (Å²) in [5.74, 6) is -0.274. The van der Waals surface area contributed by atoms with Gasteiger partial charge in [-0.1, -0.05) is 6.07 Å². The molecule has 1 aromatic carbocycles. The van der Waals surface area contributed by atoms with E-state index in [2.05, 4.69) is 15.3 Å². The van der Waals surface area contributed by atoms with Gasteiger partial charge in [-0.3, -0.25) is 9.59 Å². The fourth-order valence-corrected chi connectivity index (χ4v) is 4.05. The number of carbonyl (C=O) groups excluding carboxylic acids is 1. The van der Waals surface area contributed by atoms with E-state index in [1.807, 2.05) is 41.8 Å². The number of anilines is 2. The summed E-state index contributed by atoms with van der Waals surface area (Å²) in [5.41, 5.74) is 2.29. The van der Waals surface area contributed by atoms with Crippen molar-refractivity contribution in [2.24, 2.45) is 0 Å². The molecule has 1 fully saturated rings. The Balaban J connectivity index is 1.42. The van der Waals surface area contributed by atoms with Crippen LogP contribution in [0.2, 0.25) is 0 Å². The van der Waals surface area contributed by atoms with Crippen LogP contribution in [0.5, 0.6) is 0 Å². The number of amides is 1. The topological polar surface area (TPSA) is 67.2 Å². The lowest BCUT2D eigenvalue weighted by Crippen LogP contribution is -2.30. The second-order valence-corrected chi connectivity index (χ2v) is 7.78. The molecule has 0 aliphatic carbocycles. The van der Waals surface area contributed by atoms with Gasteiger partial charge in [0, 0.05) is 30.5 Å². The molecule has 4 rings (SSSR count). The van der Waals surface area contributed by atoms with Crippen LogP contribution in [-0.4, -0.2) is 28.8 Å². The summed E-state index contributed by atoms with van der Waals surface area (Å²) in [7, 11) is 0. The second kappa shape index (κ2) is 8.39. The molecule has 6 nitrogen and oxygen atoms in total. The van der Waals surface area contributed by atoms with Crippen molar-refractivity contribution in [1.29, 1.82) is 0 Å². The molecular formula is C21H22N4O2S. The van der Waals surface area contributed by atoms with Crippen LogP contribution in [0.15, 0.2) is 58.7 Å². The molecule has 0 atom stereocenters. The van der Waals surface area contributed by atoms with E-state index in [0.29, 0.717) is 11.4 Å². The largest absolute Gasteiger partial charge is 0.372 e. The number of nitrogens with one attached hydrogen (secondary N) is 1. The lowest BCUT2D eigenvalue weighted by atomic mass is 10.1. The molecule has 0 spiro atoms. The van der Waals surface area contributed by atoms with Gasteiger partial charge in [0.05, 0.1) is 4.88 Å². The molecule has 1 amide bonds. The maximum Gasteiger partial charge on any atom is 0.267 e. The average molecular weight is 395 g/mol. The Hall–Kier alpha value is -2.93. The van der Waals surface area contributed by atoms with Crippen LogP contribution in [0.1, 0.15) is 19.3 Å². The number of thiophene rings is 1. The highest BCUT2D eigenvalue weighted by molar-refractivity contribution is 7.13. The molecule has 0 saturated carbocycles. The lowest BCUT2D eigenvalue weighted by molar-refractivity contribution is -0.117. The van der Waals surface area contributed by atoms with Gasteiger partial charge in [0.2, 0.25) is 5.91 Å². The van der Waals surface area contributed by atoms with Gasteiger partial charge in [0.25, 0.3) is 5.56 Å². The summed E-state index contributed by atoms with van der Waals surface area (Å²) in [6, 6.07) is 14.9. The van der Waals surface area contributed by atoms with Crippen molar-refractivity contribution < 1.29 is 4.79 Å².